The van der Waals surface area contributed by atoms with Crippen LogP contribution in [0.25, 0.3) is 0 Å². The molecule has 1 aliphatic carbocycles. The van der Waals surface area contributed by atoms with Crippen LogP contribution in [-0.4, -0.2) is 17.9 Å². The lowest BCUT2D eigenvalue weighted by Crippen LogP contribution is -2.31. The number of carbonyl (C=O) groups excluding carboxylic acids is 2. The quantitative estimate of drug-likeness (QED) is 0.686. The van der Waals surface area contributed by atoms with Crippen molar-refractivity contribution in [3.8, 4) is 0 Å². The first kappa shape index (κ1) is 21.9. The van der Waals surface area contributed by atoms with E-state index in [1.807, 2.05) is 6.07 Å². The number of nitrogens with two attached hydrogens (primary N) is 1. The van der Waals surface area contributed by atoms with Crippen molar-refractivity contribution < 1.29 is 14.0 Å². The molecule has 0 heterocycles. The van der Waals surface area contributed by atoms with E-state index in [-0.39, 0.29) is 41.7 Å². The third kappa shape index (κ3) is 6.04. The van der Waals surface area contributed by atoms with Gasteiger partial charge in [0, 0.05) is 30.3 Å². The number of amides is 2. The number of benzene rings is 2. The highest BCUT2D eigenvalue weighted by Crippen LogP contribution is 2.26. The molecule has 5 nitrogen and oxygen atoms in total. The van der Waals surface area contributed by atoms with E-state index in [1.54, 1.807) is 24.3 Å². The first-order chi connectivity index (χ1) is 13.0. The van der Waals surface area contributed by atoms with Gasteiger partial charge in [-0.15, -0.1) is 12.4 Å². The average Bonchev–Trinajstić information content (AvgIpc) is 3.05. The van der Waals surface area contributed by atoms with Gasteiger partial charge in [0.25, 0.3) is 5.91 Å². The maximum Gasteiger partial charge on any atom is 0.255 e. The summed E-state index contributed by atoms with van der Waals surface area (Å²) in [5.74, 6) is -0.583. The zero-order chi connectivity index (χ0) is 19.2. The van der Waals surface area contributed by atoms with Crippen molar-refractivity contribution in [1.82, 2.24) is 5.32 Å². The second-order valence-corrected chi connectivity index (χ2v) is 7.00. The van der Waals surface area contributed by atoms with E-state index < -0.39 is 5.82 Å². The van der Waals surface area contributed by atoms with E-state index in [0.717, 1.165) is 24.8 Å². The second-order valence-electron chi connectivity index (χ2n) is 7.00. The molecule has 150 valence electrons. The molecule has 0 unspecified atom stereocenters. The summed E-state index contributed by atoms with van der Waals surface area (Å²) >= 11 is 0. The van der Waals surface area contributed by atoms with Gasteiger partial charge in [-0.3, -0.25) is 9.59 Å². The lowest BCUT2D eigenvalue weighted by atomic mass is 10.00. The average molecular weight is 406 g/mol. The number of hydrogen-bond acceptors (Lipinski definition) is 3. The predicted molar refractivity (Wildman–Crippen MR) is 110 cm³/mol. The Morgan fingerprint density at radius 2 is 1.89 bits per heavy atom. The van der Waals surface area contributed by atoms with Gasteiger partial charge in [0.1, 0.15) is 5.82 Å². The molecule has 2 aromatic rings. The smallest absolute Gasteiger partial charge is 0.255 e. The molecular weight excluding hydrogens is 381 g/mol. The maximum absolute atomic E-state index is 13.2. The summed E-state index contributed by atoms with van der Waals surface area (Å²) in [6, 6.07) is 12.9. The summed E-state index contributed by atoms with van der Waals surface area (Å²) in [4.78, 5) is 24.3. The van der Waals surface area contributed by atoms with Gasteiger partial charge < -0.3 is 16.4 Å². The van der Waals surface area contributed by atoms with Crippen molar-refractivity contribution in [1.29, 1.82) is 0 Å². The molecular formula is C21H25ClFN3O2. The van der Waals surface area contributed by atoms with Gasteiger partial charge in [0.2, 0.25) is 5.91 Å². The highest BCUT2D eigenvalue weighted by Gasteiger charge is 2.25. The van der Waals surface area contributed by atoms with Gasteiger partial charge in [-0.1, -0.05) is 24.6 Å². The molecule has 1 aliphatic rings. The Kier molecular flexibility index (Phi) is 7.96. The van der Waals surface area contributed by atoms with Gasteiger partial charge in [0.05, 0.1) is 0 Å². The first-order valence-corrected chi connectivity index (χ1v) is 9.19. The van der Waals surface area contributed by atoms with Crippen molar-refractivity contribution in [3.63, 3.8) is 0 Å². The van der Waals surface area contributed by atoms with E-state index in [4.69, 9.17) is 5.73 Å². The monoisotopic (exact) mass is 405 g/mol. The highest BCUT2D eigenvalue weighted by molar-refractivity contribution is 6.04. The molecule has 2 amide bonds. The SMILES string of the molecule is Cl.N[C@@H]1CCC[C@H]1CC(=O)NCc1cccc(NC(=O)c2cccc(F)c2)c1. The van der Waals surface area contributed by atoms with Crippen LogP contribution in [0.2, 0.25) is 0 Å². The van der Waals surface area contributed by atoms with Crippen LogP contribution in [0.1, 0.15) is 41.6 Å². The summed E-state index contributed by atoms with van der Waals surface area (Å²) in [6.07, 6.45) is 3.55. The van der Waals surface area contributed by atoms with E-state index in [1.165, 1.54) is 18.2 Å². The Morgan fingerprint density at radius 1 is 1.11 bits per heavy atom. The van der Waals surface area contributed by atoms with E-state index >= 15 is 0 Å². The molecule has 0 aromatic heterocycles. The first-order valence-electron chi connectivity index (χ1n) is 9.19. The van der Waals surface area contributed by atoms with Gasteiger partial charge in [-0.25, -0.2) is 4.39 Å². The highest BCUT2D eigenvalue weighted by atomic mass is 35.5. The van der Waals surface area contributed by atoms with Crippen LogP contribution in [0, 0.1) is 11.7 Å². The topological polar surface area (TPSA) is 84.2 Å². The standard InChI is InChI=1S/C21H24FN3O2.ClH/c22-17-7-2-6-16(11-17)21(27)25-18-8-1-4-14(10-18)13-24-20(26)12-15-5-3-9-19(15)23;/h1-2,4,6-8,10-11,15,19H,3,5,9,12-13,23H2,(H,24,26)(H,25,27);1H/t15-,19+;/m0./s1. The molecule has 1 fully saturated rings. The van der Waals surface area contributed by atoms with Gasteiger partial charge >= 0.3 is 0 Å². The Hall–Kier alpha value is -2.44. The lowest BCUT2D eigenvalue weighted by molar-refractivity contribution is -0.122. The molecule has 2 aromatic carbocycles. The van der Waals surface area contributed by atoms with Crippen molar-refractivity contribution in [2.24, 2.45) is 11.7 Å². The number of halogens is 2. The maximum atomic E-state index is 13.2. The molecule has 0 radical (unpaired) electrons. The van der Waals surface area contributed by atoms with E-state index in [2.05, 4.69) is 10.6 Å². The molecule has 4 N–H and O–H groups in total. The van der Waals surface area contributed by atoms with Crippen LogP contribution in [0.5, 0.6) is 0 Å². The second kappa shape index (κ2) is 10.2. The number of hydrogen-bond donors (Lipinski definition) is 3. The Balaban J connectivity index is 0.00000280. The summed E-state index contributed by atoms with van der Waals surface area (Å²) < 4.78 is 13.2. The van der Waals surface area contributed by atoms with Crippen molar-refractivity contribution in [3.05, 3.63) is 65.5 Å². The number of nitrogens with one attached hydrogen (secondary N) is 2. The van der Waals surface area contributed by atoms with Gasteiger partial charge in [0.15, 0.2) is 0 Å². The molecule has 7 heteroatoms. The zero-order valence-corrected chi connectivity index (χ0v) is 16.3. The minimum absolute atomic E-state index is 0. The van der Waals surface area contributed by atoms with Crippen LogP contribution in [0.15, 0.2) is 48.5 Å². The van der Waals surface area contributed by atoms with Crippen LogP contribution in [0.4, 0.5) is 10.1 Å². The molecule has 1 saturated carbocycles. The molecule has 0 bridgehead atoms. The molecule has 3 rings (SSSR count). The Bertz CT molecular complexity index is 831. The van der Waals surface area contributed by atoms with Crippen LogP contribution in [0.3, 0.4) is 0 Å². The minimum atomic E-state index is -0.457. The summed E-state index contributed by atoms with van der Waals surface area (Å²) in [5.41, 5.74) is 7.73. The zero-order valence-electron chi connectivity index (χ0n) is 15.5. The number of carbonyl (C=O) groups is 2. The molecule has 0 aliphatic heterocycles. The van der Waals surface area contributed by atoms with Crippen molar-refractivity contribution in [2.75, 3.05) is 5.32 Å². The predicted octanol–water partition coefficient (Wildman–Crippen LogP) is 3.63. The van der Waals surface area contributed by atoms with E-state index in [9.17, 15) is 14.0 Å². The third-order valence-electron chi connectivity index (χ3n) is 4.93. The fraction of sp³-hybridized carbons (Fsp3) is 0.333. The normalized spacial score (nSPS) is 18.2. The fourth-order valence-corrected chi connectivity index (χ4v) is 3.42. The summed E-state index contributed by atoms with van der Waals surface area (Å²) in [5, 5.41) is 5.65. The van der Waals surface area contributed by atoms with Gasteiger partial charge in [-0.05, 0) is 54.7 Å². The minimum Gasteiger partial charge on any atom is -0.352 e. The molecule has 0 spiro atoms. The molecule has 2 atom stereocenters. The Morgan fingerprint density at radius 3 is 2.61 bits per heavy atom. The lowest BCUT2D eigenvalue weighted by Gasteiger charge is -2.15. The van der Waals surface area contributed by atoms with Gasteiger partial charge in [-0.2, -0.15) is 0 Å². The molecule has 28 heavy (non-hydrogen) atoms. The Labute approximate surface area is 170 Å². The van der Waals surface area contributed by atoms with E-state index in [0.29, 0.717) is 18.7 Å². The summed E-state index contributed by atoms with van der Waals surface area (Å²) in [6.45, 7) is 0.379. The van der Waals surface area contributed by atoms with Crippen molar-refractivity contribution >= 4 is 29.9 Å². The largest absolute Gasteiger partial charge is 0.352 e. The molecule has 0 saturated heterocycles. The van der Waals surface area contributed by atoms with Crippen LogP contribution in [-0.2, 0) is 11.3 Å². The summed E-state index contributed by atoms with van der Waals surface area (Å²) in [7, 11) is 0. The van der Waals surface area contributed by atoms with Crippen molar-refractivity contribution in [2.45, 2.75) is 38.3 Å². The van der Waals surface area contributed by atoms with Crippen LogP contribution < -0.4 is 16.4 Å². The number of rotatable bonds is 6. The fourth-order valence-electron chi connectivity index (χ4n) is 3.42. The number of anilines is 1. The third-order valence-corrected chi connectivity index (χ3v) is 4.93. The van der Waals surface area contributed by atoms with Crippen LogP contribution >= 0.6 is 12.4 Å².